The van der Waals surface area contributed by atoms with Crippen molar-refractivity contribution >= 4 is 12.2 Å². The number of hydrogen-bond acceptors (Lipinski definition) is 2. The lowest BCUT2D eigenvalue weighted by molar-refractivity contribution is 0.279. The summed E-state index contributed by atoms with van der Waals surface area (Å²) in [5, 5.41) is 3.53. The van der Waals surface area contributed by atoms with E-state index in [0.29, 0.717) is 0 Å². The molecular weight excluding hydrogens is 292 g/mol. The summed E-state index contributed by atoms with van der Waals surface area (Å²) >= 11 is 0. The molecule has 0 bridgehead atoms. The third-order valence-electron chi connectivity index (χ3n) is 4.22. The van der Waals surface area contributed by atoms with Crippen molar-refractivity contribution in [3.05, 3.63) is 83.9 Å². The van der Waals surface area contributed by atoms with Crippen molar-refractivity contribution in [3.63, 3.8) is 0 Å². The number of nitrogens with one attached hydrogen (secondary N) is 1. The van der Waals surface area contributed by atoms with E-state index in [9.17, 15) is 0 Å². The average Bonchev–Trinajstić information content (AvgIpc) is 2.65. The quantitative estimate of drug-likeness (QED) is 0.644. The minimum Gasteiger partial charge on any atom is -0.311 e. The first-order valence-corrected chi connectivity index (χ1v) is 8.61. The third kappa shape index (κ3) is 5.80. The van der Waals surface area contributed by atoms with E-state index in [1.165, 1.54) is 22.3 Å². The number of nitrogens with zero attached hydrogens (tertiary/aromatic N) is 1. The fourth-order valence-corrected chi connectivity index (χ4v) is 2.61. The van der Waals surface area contributed by atoms with Crippen LogP contribution in [0.5, 0.6) is 0 Å². The van der Waals surface area contributed by atoms with Gasteiger partial charge in [0.25, 0.3) is 0 Å². The Morgan fingerprint density at radius 3 is 1.92 bits per heavy atom. The molecule has 0 aliphatic carbocycles. The van der Waals surface area contributed by atoms with Gasteiger partial charge >= 0.3 is 0 Å². The Balaban J connectivity index is 1.73. The maximum atomic E-state index is 3.80. The maximum absolute atomic E-state index is 3.80. The Bertz CT molecular complexity index is 626. The van der Waals surface area contributed by atoms with Gasteiger partial charge in [-0.05, 0) is 28.8 Å². The van der Waals surface area contributed by atoms with E-state index in [1.54, 1.807) is 0 Å². The summed E-state index contributed by atoms with van der Waals surface area (Å²) in [5.74, 6) is 0. The Hall–Kier alpha value is -2.16. The zero-order chi connectivity index (χ0) is 17.2. The van der Waals surface area contributed by atoms with Gasteiger partial charge < -0.3 is 5.32 Å². The molecule has 0 unspecified atom stereocenters. The van der Waals surface area contributed by atoms with E-state index >= 15 is 0 Å². The summed E-state index contributed by atoms with van der Waals surface area (Å²) < 4.78 is 0. The summed E-state index contributed by atoms with van der Waals surface area (Å²) in [5.41, 5.74) is 5.00. The molecule has 0 radical (unpaired) electrons. The van der Waals surface area contributed by atoms with Crippen LogP contribution in [0.1, 0.15) is 29.2 Å². The van der Waals surface area contributed by atoms with Gasteiger partial charge in [0.15, 0.2) is 0 Å². The molecule has 2 rings (SSSR count). The molecule has 0 atom stereocenters. The van der Waals surface area contributed by atoms with E-state index in [-0.39, 0.29) is 0 Å². The fourth-order valence-electron chi connectivity index (χ4n) is 2.61. The van der Waals surface area contributed by atoms with Crippen LogP contribution < -0.4 is 5.32 Å². The summed E-state index contributed by atoms with van der Waals surface area (Å²) in [6, 6.07) is 17.2. The molecule has 0 aliphatic heterocycles. The summed E-state index contributed by atoms with van der Waals surface area (Å²) in [6.45, 7) is 14.8. The molecule has 0 amide bonds. The zero-order valence-corrected chi connectivity index (χ0v) is 14.7. The van der Waals surface area contributed by atoms with Crippen molar-refractivity contribution in [2.45, 2.75) is 20.0 Å². The van der Waals surface area contributed by atoms with Crippen LogP contribution in [0.25, 0.3) is 12.2 Å². The van der Waals surface area contributed by atoms with Gasteiger partial charge in [-0.25, -0.2) is 0 Å². The predicted molar refractivity (Wildman–Crippen MR) is 106 cm³/mol. The van der Waals surface area contributed by atoms with Crippen LogP contribution >= 0.6 is 0 Å². The van der Waals surface area contributed by atoms with Gasteiger partial charge in [-0.3, -0.25) is 4.90 Å². The van der Waals surface area contributed by atoms with Crippen molar-refractivity contribution in [2.24, 2.45) is 0 Å². The van der Waals surface area contributed by atoms with Gasteiger partial charge in [0.1, 0.15) is 0 Å². The number of benzene rings is 2. The van der Waals surface area contributed by atoms with Crippen molar-refractivity contribution in [1.82, 2.24) is 10.2 Å². The maximum Gasteiger partial charge on any atom is 0.0234 e. The average molecular weight is 320 g/mol. The molecule has 1 N–H and O–H groups in total. The van der Waals surface area contributed by atoms with Crippen LogP contribution in [0.3, 0.4) is 0 Å². The summed E-state index contributed by atoms with van der Waals surface area (Å²) in [4.78, 5) is 2.46. The second-order valence-corrected chi connectivity index (χ2v) is 5.94. The topological polar surface area (TPSA) is 15.3 Å². The second-order valence-electron chi connectivity index (χ2n) is 5.94. The number of hydrogen-bond donors (Lipinski definition) is 1. The standard InChI is InChI=1S/C22H28N2/c1-4-19-7-11-21(12-8-19)17-23-15-16-24(6-3)18-22-13-9-20(5-2)10-14-22/h4-5,7-14,23H,1-2,6,15-18H2,3H3. The first-order chi connectivity index (χ1) is 11.7. The fraction of sp³-hybridized carbons (Fsp3) is 0.273. The van der Waals surface area contributed by atoms with E-state index in [4.69, 9.17) is 0 Å². The van der Waals surface area contributed by atoms with Crippen molar-refractivity contribution in [1.29, 1.82) is 0 Å². The molecular formula is C22H28N2. The lowest BCUT2D eigenvalue weighted by Gasteiger charge is -2.21. The van der Waals surface area contributed by atoms with Crippen LogP contribution in [0.4, 0.5) is 0 Å². The number of likely N-dealkylation sites (N-methyl/N-ethyl adjacent to an activating group) is 1. The van der Waals surface area contributed by atoms with E-state index in [1.807, 2.05) is 12.2 Å². The summed E-state index contributed by atoms with van der Waals surface area (Å²) in [6.07, 6.45) is 3.75. The normalized spacial score (nSPS) is 10.8. The molecule has 0 spiro atoms. The van der Waals surface area contributed by atoms with Gasteiger partial charge in [0.05, 0.1) is 0 Å². The molecule has 0 aliphatic rings. The molecule has 2 heteroatoms. The highest BCUT2D eigenvalue weighted by atomic mass is 15.1. The Kier molecular flexibility index (Phi) is 7.47. The van der Waals surface area contributed by atoms with E-state index in [2.05, 4.69) is 78.8 Å². The van der Waals surface area contributed by atoms with Crippen LogP contribution in [-0.2, 0) is 13.1 Å². The molecule has 0 heterocycles. The van der Waals surface area contributed by atoms with Crippen LogP contribution in [0.15, 0.2) is 61.7 Å². The van der Waals surface area contributed by atoms with Gasteiger partial charge in [0, 0.05) is 26.2 Å². The number of rotatable bonds is 10. The van der Waals surface area contributed by atoms with Crippen LogP contribution in [0.2, 0.25) is 0 Å². The molecule has 0 saturated carbocycles. The molecule has 0 saturated heterocycles. The lowest BCUT2D eigenvalue weighted by Crippen LogP contribution is -2.31. The molecule has 2 aromatic rings. The van der Waals surface area contributed by atoms with Crippen molar-refractivity contribution < 1.29 is 0 Å². The van der Waals surface area contributed by atoms with Crippen LogP contribution in [0, 0.1) is 0 Å². The molecule has 2 aromatic carbocycles. The highest BCUT2D eigenvalue weighted by Gasteiger charge is 2.03. The van der Waals surface area contributed by atoms with E-state index in [0.717, 1.165) is 32.7 Å². The van der Waals surface area contributed by atoms with Gasteiger partial charge in [-0.2, -0.15) is 0 Å². The SMILES string of the molecule is C=Cc1ccc(CNCCN(CC)Cc2ccc(C=C)cc2)cc1. The highest BCUT2D eigenvalue weighted by Crippen LogP contribution is 2.08. The van der Waals surface area contributed by atoms with Gasteiger partial charge in [-0.15, -0.1) is 0 Å². The van der Waals surface area contributed by atoms with Crippen molar-refractivity contribution in [2.75, 3.05) is 19.6 Å². The molecule has 24 heavy (non-hydrogen) atoms. The monoisotopic (exact) mass is 320 g/mol. The smallest absolute Gasteiger partial charge is 0.0234 e. The Labute approximate surface area is 146 Å². The van der Waals surface area contributed by atoms with Gasteiger partial charge in [-0.1, -0.05) is 80.8 Å². The Morgan fingerprint density at radius 2 is 1.42 bits per heavy atom. The van der Waals surface area contributed by atoms with E-state index < -0.39 is 0 Å². The van der Waals surface area contributed by atoms with Crippen molar-refractivity contribution in [3.8, 4) is 0 Å². The zero-order valence-electron chi connectivity index (χ0n) is 14.7. The highest BCUT2D eigenvalue weighted by molar-refractivity contribution is 5.47. The molecule has 0 fully saturated rings. The first-order valence-electron chi connectivity index (χ1n) is 8.61. The molecule has 126 valence electrons. The minimum absolute atomic E-state index is 0.906. The third-order valence-corrected chi connectivity index (χ3v) is 4.22. The molecule has 2 nitrogen and oxygen atoms in total. The van der Waals surface area contributed by atoms with Gasteiger partial charge in [0.2, 0.25) is 0 Å². The first kappa shape index (κ1) is 18.2. The largest absolute Gasteiger partial charge is 0.311 e. The summed E-state index contributed by atoms with van der Waals surface area (Å²) in [7, 11) is 0. The van der Waals surface area contributed by atoms with Crippen LogP contribution in [-0.4, -0.2) is 24.5 Å². The Morgan fingerprint density at radius 1 is 0.875 bits per heavy atom. The second kappa shape index (κ2) is 9.86. The molecule has 0 aromatic heterocycles. The minimum atomic E-state index is 0.906. The predicted octanol–water partition coefficient (Wildman–Crippen LogP) is 4.58. The lowest BCUT2D eigenvalue weighted by atomic mass is 10.1.